The molecule has 11 heavy (non-hydrogen) atoms. The van der Waals surface area contributed by atoms with Gasteiger partial charge in [0, 0.05) is 19.6 Å². The quantitative estimate of drug-likeness (QED) is 0.367. The van der Waals surface area contributed by atoms with Gasteiger partial charge in [0.15, 0.2) is 0 Å². The van der Waals surface area contributed by atoms with Crippen molar-refractivity contribution < 1.29 is 14.7 Å². The van der Waals surface area contributed by atoms with Gasteiger partial charge in [-0.2, -0.15) is 0 Å². The lowest BCUT2D eigenvalue weighted by Gasteiger charge is -2.06. The third-order valence-electron chi connectivity index (χ3n) is 1.99. The molecular weight excluding hydrogens is 148 g/mol. The van der Waals surface area contributed by atoms with Crippen molar-refractivity contribution in [3.8, 4) is 0 Å². The molecule has 0 aromatic heterocycles. The maximum atomic E-state index is 11.2. The Kier molecular flexibility index (Phi) is 1.04. The van der Waals surface area contributed by atoms with E-state index in [-0.39, 0.29) is 12.5 Å². The molecule has 1 amide bonds. The molecule has 0 aromatic rings. The highest BCUT2D eigenvalue weighted by Crippen LogP contribution is 2.23. The van der Waals surface area contributed by atoms with Crippen LogP contribution in [0.25, 0.3) is 0 Å². The summed E-state index contributed by atoms with van der Waals surface area (Å²) >= 11 is 0. The summed E-state index contributed by atoms with van der Waals surface area (Å²) in [7, 11) is 0. The van der Waals surface area contributed by atoms with Crippen LogP contribution in [0.3, 0.4) is 0 Å². The number of aliphatic carboxylic acids is 1. The Morgan fingerprint density at radius 1 is 1.45 bits per heavy atom. The first-order chi connectivity index (χ1) is 5.17. The highest BCUT2D eigenvalue weighted by Gasteiger charge is 2.60. The summed E-state index contributed by atoms with van der Waals surface area (Å²) in [6, 6.07) is 0. The molecule has 0 radical (unpaired) electrons. The fourth-order valence-corrected chi connectivity index (χ4v) is 1.01. The van der Waals surface area contributed by atoms with E-state index in [9.17, 15) is 9.59 Å². The average molecular weight is 156 g/mol. The summed E-state index contributed by atoms with van der Waals surface area (Å²) in [5.41, 5.74) is -1.25. The van der Waals surface area contributed by atoms with Gasteiger partial charge < -0.3 is 10.0 Å². The Morgan fingerprint density at radius 2 is 2.00 bits per heavy atom. The largest absolute Gasteiger partial charge is 0.479 e. The van der Waals surface area contributed by atoms with Gasteiger partial charge in [0.2, 0.25) is 5.54 Å². The molecule has 0 aromatic carbocycles. The second-order valence-corrected chi connectivity index (χ2v) is 2.86. The van der Waals surface area contributed by atoms with E-state index in [2.05, 4.69) is 5.32 Å². The minimum absolute atomic E-state index is 0.275. The van der Waals surface area contributed by atoms with Gasteiger partial charge in [-0.25, -0.2) is 4.79 Å². The van der Waals surface area contributed by atoms with E-state index in [4.69, 9.17) is 5.11 Å². The lowest BCUT2D eigenvalue weighted by atomic mass is 10.1. The number of hydrogen-bond donors (Lipinski definition) is 2. The molecule has 2 N–H and O–H groups in total. The number of nitrogens with one attached hydrogen (secondary N) is 1. The first-order valence-electron chi connectivity index (χ1n) is 3.45. The van der Waals surface area contributed by atoms with Crippen LogP contribution in [0.2, 0.25) is 0 Å². The van der Waals surface area contributed by atoms with E-state index < -0.39 is 11.5 Å². The number of hydrogen-bond acceptors (Lipinski definition) is 3. The van der Waals surface area contributed by atoms with E-state index >= 15 is 0 Å². The van der Waals surface area contributed by atoms with E-state index in [0.29, 0.717) is 13.1 Å². The Hall–Kier alpha value is -1.10. The van der Waals surface area contributed by atoms with Crippen molar-refractivity contribution in [1.29, 1.82) is 0 Å². The van der Waals surface area contributed by atoms with Crippen molar-refractivity contribution in [3.63, 3.8) is 0 Å². The average Bonchev–Trinajstić information content (AvgIpc) is 2.84. The Morgan fingerprint density at radius 3 is 2.27 bits per heavy atom. The van der Waals surface area contributed by atoms with Gasteiger partial charge in [-0.05, 0) is 0 Å². The predicted octanol–water partition coefficient (Wildman–Crippen LogP) is -1.74. The summed E-state index contributed by atoms with van der Waals surface area (Å²) in [5, 5.41) is 11.2. The molecular formula is C6H8N2O3. The lowest BCUT2D eigenvalue weighted by molar-refractivity contribution is -0.146. The minimum Gasteiger partial charge on any atom is -0.479 e. The number of rotatable bonds is 2. The molecule has 2 fully saturated rings. The van der Waals surface area contributed by atoms with Crippen molar-refractivity contribution in [1.82, 2.24) is 10.2 Å². The van der Waals surface area contributed by atoms with Crippen LogP contribution in [0, 0.1) is 0 Å². The predicted molar refractivity (Wildman–Crippen MR) is 34.9 cm³/mol. The summed E-state index contributed by atoms with van der Waals surface area (Å²) in [6.07, 6.45) is 0. The molecule has 2 aliphatic rings. The molecule has 2 rings (SSSR count). The van der Waals surface area contributed by atoms with Crippen LogP contribution in [0.15, 0.2) is 0 Å². The lowest BCUT2D eigenvalue weighted by Crippen LogP contribution is -2.41. The molecule has 5 nitrogen and oxygen atoms in total. The molecule has 0 saturated carbocycles. The van der Waals surface area contributed by atoms with Gasteiger partial charge in [0.05, 0.1) is 0 Å². The molecule has 2 heterocycles. The van der Waals surface area contributed by atoms with Crippen LogP contribution in [-0.2, 0) is 9.59 Å². The molecule has 60 valence electrons. The topological polar surface area (TPSA) is 79.3 Å². The van der Waals surface area contributed by atoms with E-state index in [1.54, 1.807) is 0 Å². The van der Waals surface area contributed by atoms with Gasteiger partial charge in [-0.1, -0.05) is 0 Å². The van der Waals surface area contributed by atoms with Crippen LogP contribution in [0.4, 0.5) is 0 Å². The summed E-state index contributed by atoms with van der Waals surface area (Å²) < 4.78 is 0. The normalized spacial score (nSPS) is 33.3. The maximum absolute atomic E-state index is 11.2. The van der Waals surface area contributed by atoms with Crippen LogP contribution < -0.4 is 5.32 Å². The monoisotopic (exact) mass is 156 g/mol. The molecule has 1 atom stereocenters. The molecule has 2 aliphatic heterocycles. The minimum atomic E-state index is -1.25. The zero-order valence-corrected chi connectivity index (χ0v) is 5.83. The molecule has 0 bridgehead atoms. The molecule has 1 unspecified atom stereocenters. The molecule has 0 spiro atoms. The van der Waals surface area contributed by atoms with E-state index in [1.165, 1.54) is 4.90 Å². The Labute approximate surface area is 63.0 Å². The molecule has 5 heteroatoms. The zero-order chi connectivity index (χ0) is 8.06. The fourth-order valence-electron chi connectivity index (χ4n) is 1.01. The Balaban J connectivity index is 2.13. The van der Waals surface area contributed by atoms with Crippen LogP contribution in [-0.4, -0.2) is 47.1 Å². The highest BCUT2D eigenvalue weighted by atomic mass is 16.4. The Bertz CT molecular complexity index is 230. The van der Waals surface area contributed by atoms with Crippen LogP contribution in [0.5, 0.6) is 0 Å². The van der Waals surface area contributed by atoms with Crippen LogP contribution in [0.1, 0.15) is 0 Å². The number of carboxylic acids is 1. The summed E-state index contributed by atoms with van der Waals surface area (Å²) in [6.45, 7) is 1.68. The third-order valence-corrected chi connectivity index (χ3v) is 1.99. The van der Waals surface area contributed by atoms with Gasteiger partial charge in [-0.15, -0.1) is 0 Å². The number of carboxylic acid groups (broad SMARTS) is 1. The van der Waals surface area contributed by atoms with Crippen LogP contribution >= 0.6 is 0 Å². The first kappa shape index (κ1) is 6.60. The van der Waals surface area contributed by atoms with Crippen molar-refractivity contribution in [2.24, 2.45) is 0 Å². The van der Waals surface area contributed by atoms with Gasteiger partial charge in [0.25, 0.3) is 5.91 Å². The van der Waals surface area contributed by atoms with Gasteiger partial charge in [-0.3, -0.25) is 10.1 Å². The second kappa shape index (κ2) is 1.73. The molecule has 0 aliphatic carbocycles. The van der Waals surface area contributed by atoms with E-state index in [1.807, 2.05) is 0 Å². The van der Waals surface area contributed by atoms with E-state index in [0.717, 1.165) is 0 Å². The number of carbonyl (C=O) groups is 2. The standard InChI is InChI=1S/C6H8N2O3/c9-4(8-1-2-8)6(3-7-6)5(10)11/h7H,1-3H2,(H,10,11). The number of nitrogens with zero attached hydrogens (tertiary/aromatic N) is 1. The van der Waals surface area contributed by atoms with Crippen molar-refractivity contribution >= 4 is 11.9 Å². The zero-order valence-electron chi connectivity index (χ0n) is 5.83. The second-order valence-electron chi connectivity index (χ2n) is 2.86. The smallest absolute Gasteiger partial charge is 0.335 e. The van der Waals surface area contributed by atoms with Crippen molar-refractivity contribution in [2.45, 2.75) is 5.54 Å². The first-order valence-corrected chi connectivity index (χ1v) is 3.45. The summed E-state index contributed by atoms with van der Waals surface area (Å²) in [5.74, 6) is -1.35. The maximum Gasteiger partial charge on any atom is 0.335 e. The van der Waals surface area contributed by atoms with Gasteiger partial charge >= 0.3 is 5.97 Å². The fraction of sp³-hybridized carbons (Fsp3) is 0.667. The SMILES string of the molecule is O=C(O)C1(C(=O)N2CC2)CN1. The van der Waals surface area contributed by atoms with Crippen molar-refractivity contribution in [2.75, 3.05) is 19.6 Å². The molecule has 2 saturated heterocycles. The summed E-state index contributed by atoms with van der Waals surface area (Å²) in [4.78, 5) is 23.3. The third kappa shape index (κ3) is 0.808. The highest BCUT2D eigenvalue weighted by molar-refractivity contribution is 6.10. The number of amides is 1. The number of carbonyl (C=O) groups excluding carboxylic acids is 1. The van der Waals surface area contributed by atoms with Crippen molar-refractivity contribution in [3.05, 3.63) is 0 Å². The van der Waals surface area contributed by atoms with Gasteiger partial charge in [0.1, 0.15) is 0 Å².